The predicted molar refractivity (Wildman–Crippen MR) is 208 cm³/mol. The van der Waals surface area contributed by atoms with E-state index in [1.807, 2.05) is 39.0 Å². The van der Waals surface area contributed by atoms with Gasteiger partial charge in [-0.1, -0.05) is 42.8 Å². The molecule has 2 aliphatic carbocycles. The number of amides is 1. The fourth-order valence-corrected chi connectivity index (χ4v) is 8.10. The van der Waals surface area contributed by atoms with Crippen molar-refractivity contribution in [3.63, 3.8) is 0 Å². The number of unbranched alkanes of at least 4 members (excludes halogenated alkanes) is 2. The fourth-order valence-electron chi connectivity index (χ4n) is 8.10. The number of likely N-dealkylation sites (N-methyl/N-ethyl adjacent to an activating group) is 1. The van der Waals surface area contributed by atoms with Gasteiger partial charge in [0.1, 0.15) is 35.5 Å². The SMILES string of the molecule is C=CCOc1ccc2c(c1)[C@H]1[C@H](CCCCO)[C@@H](CCCCO)C=C3C(=NOC(C)(C)C)C[C@H](N(C)C(=O)Oc4ccc([N+](=O)[O-])cc4)[C@@](OCC=C)(O2)[C@H]31. The van der Waals surface area contributed by atoms with Crippen LogP contribution in [-0.4, -0.2) is 82.7 Å². The number of rotatable bonds is 18. The average Bonchev–Trinajstić information content (AvgIpc) is 3.16. The lowest BCUT2D eigenvalue weighted by molar-refractivity contribution is -0.384. The Morgan fingerprint density at radius 3 is 2.35 bits per heavy atom. The smallest absolute Gasteiger partial charge is 0.415 e. The second-order valence-electron chi connectivity index (χ2n) is 15.3. The normalized spacial score (nSPS) is 24.7. The van der Waals surface area contributed by atoms with E-state index in [-0.39, 0.29) is 55.4 Å². The van der Waals surface area contributed by atoms with Crippen LogP contribution < -0.4 is 14.2 Å². The van der Waals surface area contributed by atoms with E-state index in [0.717, 1.165) is 36.8 Å². The molecule has 13 nitrogen and oxygen atoms in total. The van der Waals surface area contributed by atoms with Gasteiger partial charge in [0, 0.05) is 50.3 Å². The number of carbonyl (C=O) groups excluding carboxylic acids is 1. The minimum Gasteiger partial charge on any atom is -0.490 e. The summed E-state index contributed by atoms with van der Waals surface area (Å²) >= 11 is 0. The molecule has 0 spiro atoms. The summed E-state index contributed by atoms with van der Waals surface area (Å²) in [5.41, 5.74) is 1.74. The molecular formula is C42H55N3O10. The molecule has 1 heterocycles. The number of ether oxygens (including phenoxy) is 4. The van der Waals surface area contributed by atoms with Crippen molar-refractivity contribution in [1.29, 1.82) is 0 Å². The molecule has 1 aliphatic heterocycles. The largest absolute Gasteiger partial charge is 0.490 e. The number of hydrogen-bond acceptors (Lipinski definition) is 11. The number of non-ortho nitro benzene ring substituents is 1. The molecule has 1 fully saturated rings. The second kappa shape index (κ2) is 18.3. The monoisotopic (exact) mass is 761 g/mol. The van der Waals surface area contributed by atoms with E-state index in [0.29, 0.717) is 36.7 Å². The van der Waals surface area contributed by atoms with E-state index in [1.54, 1.807) is 19.2 Å². The molecule has 13 heteroatoms. The first-order chi connectivity index (χ1) is 26.4. The molecule has 1 saturated carbocycles. The molecule has 0 radical (unpaired) electrons. The van der Waals surface area contributed by atoms with Gasteiger partial charge in [-0.25, -0.2) is 4.79 Å². The van der Waals surface area contributed by atoms with Crippen LogP contribution in [-0.2, 0) is 9.57 Å². The van der Waals surface area contributed by atoms with Crippen molar-refractivity contribution in [2.45, 2.75) is 89.1 Å². The van der Waals surface area contributed by atoms with Crippen LogP contribution in [0.4, 0.5) is 10.5 Å². The molecule has 0 bridgehead atoms. The maximum atomic E-state index is 14.1. The van der Waals surface area contributed by atoms with Gasteiger partial charge >= 0.3 is 6.09 Å². The molecule has 0 aromatic heterocycles. The number of oxime groups is 1. The van der Waals surface area contributed by atoms with Gasteiger partial charge in [-0.3, -0.25) is 10.1 Å². The fraction of sp³-hybridized carbons (Fsp3) is 0.524. The molecule has 5 rings (SSSR count). The second-order valence-corrected chi connectivity index (χ2v) is 15.3. The molecule has 298 valence electrons. The molecular weight excluding hydrogens is 706 g/mol. The summed E-state index contributed by atoms with van der Waals surface area (Å²) in [5.74, 6) is -0.684. The Kier molecular flexibility index (Phi) is 13.8. The highest BCUT2D eigenvalue weighted by molar-refractivity contribution is 6.03. The first-order valence-electron chi connectivity index (χ1n) is 19.1. The number of benzene rings is 2. The number of hydrogen-bond donors (Lipinski definition) is 2. The number of fused-ring (bicyclic) bond motifs is 2. The minimum absolute atomic E-state index is 0.0453. The number of carbonyl (C=O) groups is 1. The summed E-state index contributed by atoms with van der Waals surface area (Å²) < 4.78 is 25.8. The number of nitro groups is 1. The van der Waals surface area contributed by atoms with E-state index in [4.69, 9.17) is 28.9 Å². The van der Waals surface area contributed by atoms with Gasteiger partial charge in [0.25, 0.3) is 5.69 Å². The van der Waals surface area contributed by atoms with Crippen LogP contribution in [0.3, 0.4) is 0 Å². The van der Waals surface area contributed by atoms with E-state index < -0.39 is 34.4 Å². The van der Waals surface area contributed by atoms with Crippen molar-refractivity contribution < 1.29 is 43.7 Å². The summed E-state index contributed by atoms with van der Waals surface area (Å²) in [7, 11) is 1.62. The van der Waals surface area contributed by atoms with Gasteiger partial charge in [0.05, 0.1) is 23.2 Å². The van der Waals surface area contributed by atoms with Crippen LogP contribution in [0.2, 0.25) is 0 Å². The topological polar surface area (TPSA) is 162 Å². The van der Waals surface area contributed by atoms with Crippen LogP contribution in [0.5, 0.6) is 17.2 Å². The Bertz CT molecular complexity index is 1740. The average molecular weight is 762 g/mol. The molecule has 3 aliphatic rings. The highest BCUT2D eigenvalue weighted by Crippen LogP contribution is 2.61. The van der Waals surface area contributed by atoms with Crippen molar-refractivity contribution in [2.24, 2.45) is 22.9 Å². The van der Waals surface area contributed by atoms with Crippen molar-refractivity contribution in [1.82, 2.24) is 4.90 Å². The summed E-state index contributed by atoms with van der Waals surface area (Å²) in [4.78, 5) is 32.4. The number of aliphatic hydroxyl groups is 2. The molecule has 1 amide bonds. The van der Waals surface area contributed by atoms with Gasteiger partial charge in [-0.15, -0.1) is 6.58 Å². The quantitative estimate of drug-likeness (QED) is 0.0666. The zero-order valence-corrected chi connectivity index (χ0v) is 32.4. The summed E-state index contributed by atoms with van der Waals surface area (Å²) in [6.45, 7) is 14.1. The van der Waals surface area contributed by atoms with E-state index in [1.165, 1.54) is 29.2 Å². The van der Waals surface area contributed by atoms with E-state index >= 15 is 0 Å². The zero-order chi connectivity index (χ0) is 39.8. The van der Waals surface area contributed by atoms with Crippen molar-refractivity contribution in [3.8, 4) is 17.2 Å². The van der Waals surface area contributed by atoms with E-state index in [2.05, 4.69) is 19.2 Å². The van der Waals surface area contributed by atoms with Crippen LogP contribution >= 0.6 is 0 Å². The van der Waals surface area contributed by atoms with Crippen molar-refractivity contribution in [2.75, 3.05) is 33.5 Å². The lowest BCUT2D eigenvalue weighted by Gasteiger charge is -2.59. The molecule has 0 saturated heterocycles. The Balaban J connectivity index is 1.72. The molecule has 55 heavy (non-hydrogen) atoms. The molecule has 0 unspecified atom stereocenters. The predicted octanol–water partition coefficient (Wildman–Crippen LogP) is 7.72. The van der Waals surface area contributed by atoms with Gasteiger partial charge < -0.3 is 38.9 Å². The lowest BCUT2D eigenvalue weighted by Crippen LogP contribution is -2.69. The van der Waals surface area contributed by atoms with Crippen molar-refractivity contribution >= 4 is 17.5 Å². The number of allylic oxidation sites excluding steroid dienone is 1. The molecule has 2 aromatic carbocycles. The first kappa shape index (κ1) is 41.4. The van der Waals surface area contributed by atoms with Crippen molar-refractivity contribution in [3.05, 3.63) is 95.1 Å². The van der Waals surface area contributed by atoms with Gasteiger partial charge in [-0.05, 0) is 94.2 Å². The molecule has 2 aromatic rings. The number of nitrogens with zero attached hydrogens (tertiary/aromatic N) is 3. The Labute approximate surface area is 323 Å². The number of nitro benzene ring substituents is 1. The van der Waals surface area contributed by atoms with Gasteiger partial charge in [0.15, 0.2) is 0 Å². The molecule has 2 N–H and O–H groups in total. The maximum Gasteiger partial charge on any atom is 0.415 e. The van der Waals surface area contributed by atoms with Crippen LogP contribution in [0.15, 0.2) is 84.6 Å². The third kappa shape index (κ3) is 9.40. The Morgan fingerprint density at radius 2 is 1.71 bits per heavy atom. The Morgan fingerprint density at radius 1 is 1.04 bits per heavy atom. The third-order valence-corrected chi connectivity index (χ3v) is 10.5. The zero-order valence-electron chi connectivity index (χ0n) is 32.4. The standard InChI is InChI=1S/C42H55N3O10/c1-7-23-51-31-19-20-36-34(26-31)38-32(14-10-12-22-47)28(13-9-11-21-46)25-33-35(43-55-41(3,4)5)27-37(42(54-36,39(33)38)52-24-8-2)44(6)40(48)53-30-17-15-29(16-18-30)45(49)50/h7-8,15-20,25-26,28,32,37-39,46-47H,1-2,9-14,21-24,27H2,3-6H3/t28-,32+,37-,38+,39+,42+/m0/s1. The highest BCUT2D eigenvalue weighted by atomic mass is 16.7. The maximum absolute atomic E-state index is 14.1. The van der Waals surface area contributed by atoms with Gasteiger partial charge in [-0.2, -0.15) is 0 Å². The van der Waals surface area contributed by atoms with E-state index in [9.17, 15) is 25.1 Å². The molecule has 6 atom stereocenters. The van der Waals surface area contributed by atoms with Crippen LogP contribution in [0, 0.1) is 27.9 Å². The minimum atomic E-state index is -1.46. The summed E-state index contributed by atoms with van der Waals surface area (Å²) in [6.07, 6.45) is 9.59. The Hall–Kier alpha value is -4.72. The van der Waals surface area contributed by atoms with Crippen LogP contribution in [0.1, 0.15) is 77.2 Å². The van der Waals surface area contributed by atoms with Gasteiger partial charge in [0.2, 0.25) is 5.79 Å². The van der Waals surface area contributed by atoms with Crippen LogP contribution in [0.25, 0.3) is 0 Å². The number of aliphatic hydroxyl groups excluding tert-OH is 2. The summed E-state index contributed by atoms with van der Waals surface area (Å²) in [6, 6.07) is 10.2. The summed E-state index contributed by atoms with van der Waals surface area (Å²) in [5, 5.41) is 35.6. The lowest BCUT2D eigenvalue weighted by atomic mass is 9.55. The first-order valence-corrected chi connectivity index (χ1v) is 19.1. The third-order valence-electron chi connectivity index (χ3n) is 10.5. The highest BCUT2D eigenvalue weighted by Gasteiger charge is 2.65.